The van der Waals surface area contributed by atoms with E-state index in [0.29, 0.717) is 27.5 Å². The van der Waals surface area contributed by atoms with E-state index in [1.165, 1.54) is 11.5 Å². The Hall–Kier alpha value is 6.30. The van der Waals surface area contributed by atoms with Crippen molar-refractivity contribution in [3.63, 3.8) is 0 Å². The summed E-state index contributed by atoms with van der Waals surface area (Å²) in [5.41, 5.74) is 0. The molecule has 0 amide bonds. The Balaban J connectivity index is 2.65. The van der Waals surface area contributed by atoms with Crippen molar-refractivity contribution in [1.29, 1.82) is 0 Å². The molecule has 0 radical (unpaired) electrons. The van der Waals surface area contributed by atoms with E-state index in [1.807, 2.05) is 70.6 Å². The molecule has 1 aliphatic rings. The highest BCUT2D eigenvalue weighted by Crippen LogP contribution is 2.49. The van der Waals surface area contributed by atoms with Crippen LogP contribution in [0.3, 0.4) is 0 Å². The van der Waals surface area contributed by atoms with Crippen LogP contribution < -0.4 is 0 Å². The van der Waals surface area contributed by atoms with Crippen LogP contribution in [0.2, 0.25) is 0 Å². The van der Waals surface area contributed by atoms with Crippen LogP contribution in [0.5, 0.6) is 0 Å². The second kappa shape index (κ2) is 26.9. The summed E-state index contributed by atoms with van der Waals surface area (Å²) >= 11 is 51.1. The lowest BCUT2D eigenvalue weighted by Gasteiger charge is -2.27. The highest BCUT2D eigenvalue weighted by molar-refractivity contribution is 8.34. The lowest BCUT2D eigenvalue weighted by molar-refractivity contribution is 1.35. The van der Waals surface area contributed by atoms with Gasteiger partial charge in [0.05, 0.1) is 27.5 Å². The second-order valence-corrected chi connectivity index (χ2v) is 26.4. The lowest BCUT2D eigenvalue weighted by Crippen LogP contribution is -2.17. The van der Waals surface area contributed by atoms with Gasteiger partial charge in [-0.3, -0.25) is 0 Å². The van der Waals surface area contributed by atoms with Crippen LogP contribution in [0, 0.1) is 0 Å². The maximum Gasteiger partial charge on any atom is 0.0729 e. The maximum absolute atomic E-state index is 4.51. The van der Waals surface area contributed by atoms with Crippen molar-refractivity contribution in [2.75, 3.05) is 52.2 Å². The van der Waals surface area contributed by atoms with E-state index in [-0.39, 0.29) is 0 Å². The van der Waals surface area contributed by atoms with Crippen LogP contribution in [0.15, 0.2) is 0 Å². The van der Waals surface area contributed by atoms with Gasteiger partial charge in [0, 0.05) is 52.2 Å². The molecule has 0 saturated carbocycles. The summed E-state index contributed by atoms with van der Waals surface area (Å²) in [6.45, 7) is 0. The van der Waals surface area contributed by atoms with Gasteiger partial charge >= 0.3 is 0 Å². The molecule has 1 fully saturated rings. The maximum atomic E-state index is 4.51. The van der Waals surface area contributed by atoms with Gasteiger partial charge in [0.25, 0.3) is 0 Å². The first-order valence-corrected chi connectivity index (χ1v) is 26.1. The number of hydrogen-bond donors (Lipinski definition) is 6. The molecule has 0 aromatic rings. The summed E-state index contributed by atoms with van der Waals surface area (Å²) in [6, 6.07) is 0. The predicted molar refractivity (Wildman–Crippen MR) is 216 cm³/mol. The van der Waals surface area contributed by atoms with Crippen LogP contribution in [-0.4, -0.2) is 79.7 Å². The van der Waals surface area contributed by atoms with Gasteiger partial charge < -0.3 is 0 Å². The van der Waals surface area contributed by atoms with E-state index in [2.05, 4.69) is 146 Å². The fourth-order valence-corrected chi connectivity index (χ4v) is 25.6. The zero-order chi connectivity index (χ0) is 25.0. The zero-order valence-electron chi connectivity index (χ0n) is 18.1. The van der Waals surface area contributed by atoms with E-state index in [9.17, 15) is 0 Å². The normalized spacial score (nSPS) is 17.6. The van der Waals surface area contributed by atoms with Crippen LogP contribution >= 0.6 is 217 Å². The molecule has 0 aliphatic carbocycles. The molecule has 0 nitrogen and oxygen atoms in total. The summed E-state index contributed by atoms with van der Waals surface area (Å²) in [7, 11) is 0. The SMILES string of the molecule is SCSC(SCS)C(SCS)SCSC(SCSC(SCS)C(SCS)SCS)C1SCCS1. The van der Waals surface area contributed by atoms with Crippen molar-refractivity contribution in [2.24, 2.45) is 0 Å². The van der Waals surface area contributed by atoms with Crippen molar-refractivity contribution in [1.82, 2.24) is 0 Å². The standard InChI is InChI=1S/C16H32S18/c17-3-25-12(26-4-18)14(29-7-21)31-9-33-16(11-23-1-2-24-11)34-10-32-15(30-8-22)13(27-5-19)28-6-20/h11-22H,1-10H2. The van der Waals surface area contributed by atoms with E-state index in [0.717, 1.165) is 40.7 Å². The average Bonchev–Trinajstić information content (AvgIpc) is 3.36. The van der Waals surface area contributed by atoms with Gasteiger partial charge in [-0.05, 0) is 0 Å². The molecule has 0 spiro atoms. The second-order valence-electron chi connectivity index (χ2n) is 5.63. The summed E-state index contributed by atoms with van der Waals surface area (Å²) in [6.07, 6.45) is 0. The van der Waals surface area contributed by atoms with Gasteiger partial charge in [0.1, 0.15) is 0 Å². The van der Waals surface area contributed by atoms with E-state index < -0.39 is 0 Å². The Morgan fingerprint density at radius 1 is 0.471 bits per heavy atom. The smallest absolute Gasteiger partial charge is 0.0729 e. The molecule has 0 bridgehead atoms. The van der Waals surface area contributed by atoms with Crippen LogP contribution in [0.25, 0.3) is 0 Å². The summed E-state index contributed by atoms with van der Waals surface area (Å²) < 4.78 is 3.32. The largest absolute Gasteiger partial charge is 0.168 e. The van der Waals surface area contributed by atoms with Gasteiger partial charge in [0.2, 0.25) is 0 Å². The number of thioether (sulfide) groups is 12. The zero-order valence-corrected chi connectivity index (χ0v) is 33.3. The molecule has 1 saturated heterocycles. The molecule has 2 unspecified atom stereocenters. The highest BCUT2D eigenvalue weighted by atomic mass is 32.3. The van der Waals surface area contributed by atoms with Crippen molar-refractivity contribution >= 4 is 217 Å². The van der Waals surface area contributed by atoms with Crippen LogP contribution in [0.1, 0.15) is 0 Å². The van der Waals surface area contributed by atoms with E-state index in [4.69, 9.17) is 0 Å². The molecule has 18 heteroatoms. The molecule has 2 atom stereocenters. The molecule has 204 valence electrons. The molecule has 0 aromatic heterocycles. The Morgan fingerprint density at radius 3 is 1.06 bits per heavy atom. The third-order valence-electron chi connectivity index (χ3n) is 3.68. The molecule has 0 aromatic carbocycles. The first-order chi connectivity index (χ1) is 16.6. The lowest BCUT2D eigenvalue weighted by atomic mass is 10.9. The quantitative estimate of drug-likeness (QED) is 0.0431. The van der Waals surface area contributed by atoms with Crippen LogP contribution in [-0.2, 0) is 0 Å². The highest BCUT2D eigenvalue weighted by Gasteiger charge is 2.30. The third-order valence-corrected chi connectivity index (χ3v) is 24.7. The monoisotopic (exact) mass is 800 g/mol. The van der Waals surface area contributed by atoms with Crippen molar-refractivity contribution in [3.8, 4) is 0 Å². The minimum absolute atomic E-state index is 0.499. The molecule has 1 rings (SSSR count). The van der Waals surface area contributed by atoms with E-state index >= 15 is 0 Å². The average molecular weight is 802 g/mol. The van der Waals surface area contributed by atoms with Gasteiger partial charge in [-0.1, -0.05) is 0 Å². The Bertz CT molecular complexity index is 410. The van der Waals surface area contributed by atoms with Gasteiger partial charge in [-0.15, -0.1) is 141 Å². The topological polar surface area (TPSA) is 0 Å². The predicted octanol–water partition coefficient (Wildman–Crippen LogP) is 9.99. The first-order valence-electron chi connectivity index (χ1n) is 9.69. The summed E-state index contributed by atoms with van der Waals surface area (Å²) in [5.74, 6) is 2.56. The molecule has 1 aliphatic heterocycles. The third kappa shape index (κ3) is 17.4. The number of hydrogen-bond acceptors (Lipinski definition) is 18. The van der Waals surface area contributed by atoms with E-state index in [1.54, 1.807) is 0 Å². The minimum Gasteiger partial charge on any atom is -0.168 e. The van der Waals surface area contributed by atoms with Gasteiger partial charge in [0.15, 0.2) is 0 Å². The first kappa shape index (κ1) is 38.3. The molecule has 1 heterocycles. The Labute approximate surface area is 292 Å². The summed E-state index contributed by atoms with van der Waals surface area (Å²) in [5, 5.41) is 7.31. The van der Waals surface area contributed by atoms with Crippen molar-refractivity contribution in [2.45, 2.75) is 27.5 Å². The molecular weight excluding hydrogens is 769 g/mol. The Kier molecular flexibility index (Phi) is 30.3. The number of rotatable bonds is 23. The van der Waals surface area contributed by atoms with Crippen LogP contribution in [0.4, 0.5) is 0 Å². The fourth-order valence-electron chi connectivity index (χ4n) is 2.35. The summed E-state index contributed by atoms with van der Waals surface area (Å²) in [4.78, 5) is 0. The van der Waals surface area contributed by atoms with Gasteiger partial charge in [-0.2, -0.15) is 75.8 Å². The van der Waals surface area contributed by atoms with Crippen molar-refractivity contribution < 1.29 is 0 Å². The molecular formula is C16H32S18. The fraction of sp³-hybridized carbons (Fsp3) is 1.00. The molecule has 34 heavy (non-hydrogen) atoms. The number of thiol groups is 6. The molecule has 0 N–H and O–H groups in total. The minimum atomic E-state index is 0.499. The van der Waals surface area contributed by atoms with Crippen molar-refractivity contribution in [3.05, 3.63) is 0 Å². The van der Waals surface area contributed by atoms with Gasteiger partial charge in [-0.25, -0.2) is 0 Å². The Morgan fingerprint density at radius 2 is 0.765 bits per heavy atom.